The minimum Gasteiger partial charge on any atom is -0.475 e. The van der Waals surface area contributed by atoms with Crippen LogP contribution >= 0.6 is 11.8 Å². The standard InChI is InChI=1S/C19H26N6OS.C2HF3O2/c1-3-4-11-25-15-16(21-18(25)24-12-9-20-10-13-24)22-19(23(2)17(15)26)27-14-7-5-6-8-14;3-2(4,5)1(6)7/h14,20H,5-13H2,1-2H3;(H,6,7). The van der Waals surface area contributed by atoms with E-state index in [0.29, 0.717) is 23.0 Å². The van der Waals surface area contributed by atoms with E-state index in [1.165, 1.54) is 25.7 Å². The van der Waals surface area contributed by atoms with E-state index in [2.05, 4.69) is 22.1 Å². The van der Waals surface area contributed by atoms with Crippen molar-refractivity contribution in [2.45, 2.75) is 55.7 Å². The largest absolute Gasteiger partial charge is 0.490 e. The molecule has 2 aromatic heterocycles. The summed E-state index contributed by atoms with van der Waals surface area (Å²) in [5, 5.41) is 11.8. The molecule has 2 N–H and O–H groups in total. The highest BCUT2D eigenvalue weighted by molar-refractivity contribution is 7.99. The van der Waals surface area contributed by atoms with Crippen LogP contribution in [0.2, 0.25) is 0 Å². The quantitative estimate of drug-likeness (QED) is 0.487. The molecule has 4 rings (SSSR count). The molecule has 1 saturated heterocycles. The summed E-state index contributed by atoms with van der Waals surface area (Å²) >= 11 is 1.73. The molecule has 34 heavy (non-hydrogen) atoms. The molecule has 1 aliphatic heterocycles. The van der Waals surface area contributed by atoms with Gasteiger partial charge in [-0.2, -0.15) is 18.2 Å². The van der Waals surface area contributed by atoms with Gasteiger partial charge in [-0.3, -0.25) is 13.9 Å². The van der Waals surface area contributed by atoms with Crippen molar-refractivity contribution in [3.63, 3.8) is 0 Å². The van der Waals surface area contributed by atoms with Crippen LogP contribution in [0.5, 0.6) is 0 Å². The number of aliphatic carboxylic acids is 1. The van der Waals surface area contributed by atoms with Crippen molar-refractivity contribution < 1.29 is 23.1 Å². The molecule has 0 atom stereocenters. The number of anilines is 1. The predicted molar refractivity (Wildman–Crippen MR) is 123 cm³/mol. The van der Waals surface area contributed by atoms with Gasteiger partial charge in [-0.1, -0.05) is 30.5 Å². The fourth-order valence-electron chi connectivity index (χ4n) is 3.80. The Hall–Kier alpha value is -2.72. The molecule has 186 valence electrons. The number of imidazole rings is 1. The number of thioether (sulfide) groups is 1. The molecular weight excluding hydrogens is 473 g/mol. The van der Waals surface area contributed by atoms with Gasteiger partial charge in [0.2, 0.25) is 5.95 Å². The highest BCUT2D eigenvalue weighted by Crippen LogP contribution is 2.34. The molecule has 0 bridgehead atoms. The molecule has 1 aliphatic carbocycles. The maximum absolute atomic E-state index is 13.2. The third kappa shape index (κ3) is 6.04. The van der Waals surface area contributed by atoms with E-state index in [1.54, 1.807) is 16.3 Å². The van der Waals surface area contributed by atoms with E-state index in [-0.39, 0.29) is 5.56 Å². The van der Waals surface area contributed by atoms with E-state index in [4.69, 9.17) is 19.9 Å². The summed E-state index contributed by atoms with van der Waals surface area (Å²) in [6, 6.07) is 0. The molecule has 0 aromatic carbocycles. The van der Waals surface area contributed by atoms with Crippen LogP contribution in [0.3, 0.4) is 0 Å². The highest BCUT2D eigenvalue weighted by Gasteiger charge is 2.38. The molecule has 0 unspecified atom stereocenters. The lowest BCUT2D eigenvalue weighted by Gasteiger charge is -2.28. The third-order valence-electron chi connectivity index (χ3n) is 5.56. The van der Waals surface area contributed by atoms with Gasteiger partial charge in [0, 0.05) is 38.5 Å². The predicted octanol–water partition coefficient (Wildman–Crippen LogP) is 2.23. The first-order valence-electron chi connectivity index (χ1n) is 10.9. The van der Waals surface area contributed by atoms with Gasteiger partial charge < -0.3 is 15.3 Å². The lowest BCUT2D eigenvalue weighted by atomic mass is 10.4. The first-order valence-corrected chi connectivity index (χ1v) is 11.8. The Morgan fingerprint density at radius 3 is 2.41 bits per heavy atom. The van der Waals surface area contributed by atoms with Crippen LogP contribution in [-0.2, 0) is 18.4 Å². The van der Waals surface area contributed by atoms with E-state index >= 15 is 0 Å². The molecule has 1 saturated carbocycles. The number of halogens is 3. The second-order valence-electron chi connectivity index (χ2n) is 7.92. The van der Waals surface area contributed by atoms with Crippen molar-refractivity contribution in [3.05, 3.63) is 10.4 Å². The molecule has 2 fully saturated rings. The van der Waals surface area contributed by atoms with Crippen molar-refractivity contribution in [2.75, 3.05) is 31.1 Å². The highest BCUT2D eigenvalue weighted by atomic mass is 32.2. The Bertz CT molecular complexity index is 1140. The lowest BCUT2D eigenvalue weighted by molar-refractivity contribution is -0.192. The number of hydrogen-bond donors (Lipinski definition) is 2. The van der Waals surface area contributed by atoms with E-state index in [9.17, 15) is 18.0 Å². The summed E-state index contributed by atoms with van der Waals surface area (Å²) in [5.74, 6) is 4.07. The number of carbonyl (C=O) groups is 1. The van der Waals surface area contributed by atoms with Crippen LogP contribution in [0.1, 0.15) is 32.6 Å². The minimum atomic E-state index is -5.08. The molecular formula is C21H27F3N6O3S. The average molecular weight is 501 g/mol. The number of rotatable bonds is 4. The fraction of sp³-hybridized carbons (Fsp3) is 0.619. The summed E-state index contributed by atoms with van der Waals surface area (Å²) in [6.07, 6.45) is -0.146. The minimum absolute atomic E-state index is 0.0349. The Balaban J connectivity index is 0.000000406. The van der Waals surface area contributed by atoms with Crippen molar-refractivity contribution in [2.24, 2.45) is 7.05 Å². The molecule has 2 aliphatic rings. The van der Waals surface area contributed by atoms with Gasteiger partial charge in [0.15, 0.2) is 16.3 Å². The third-order valence-corrected chi connectivity index (χ3v) is 6.94. The zero-order chi connectivity index (χ0) is 24.9. The number of piperazine rings is 1. The zero-order valence-corrected chi connectivity index (χ0v) is 19.8. The van der Waals surface area contributed by atoms with Crippen LogP contribution < -0.4 is 15.8 Å². The number of carboxylic acids is 1. The normalized spacial score (nSPS) is 16.7. The van der Waals surface area contributed by atoms with Crippen molar-refractivity contribution in [1.29, 1.82) is 0 Å². The lowest BCUT2D eigenvalue weighted by Crippen LogP contribution is -2.44. The summed E-state index contributed by atoms with van der Waals surface area (Å²) in [4.78, 5) is 33.9. The number of nitrogens with one attached hydrogen (secondary N) is 1. The maximum atomic E-state index is 13.2. The van der Waals surface area contributed by atoms with Crippen LogP contribution in [0.4, 0.5) is 19.1 Å². The van der Waals surface area contributed by atoms with Gasteiger partial charge in [-0.25, -0.2) is 9.78 Å². The Morgan fingerprint density at radius 1 is 1.24 bits per heavy atom. The van der Waals surface area contributed by atoms with Gasteiger partial charge in [-0.05, 0) is 19.8 Å². The number of alkyl halides is 3. The van der Waals surface area contributed by atoms with Crippen LogP contribution in [-0.4, -0.2) is 67.8 Å². The fourth-order valence-corrected chi connectivity index (χ4v) is 5.05. The first-order chi connectivity index (χ1) is 16.1. The van der Waals surface area contributed by atoms with Crippen LogP contribution in [0.25, 0.3) is 11.2 Å². The smallest absolute Gasteiger partial charge is 0.475 e. The molecule has 9 nitrogen and oxygen atoms in total. The molecule has 3 heterocycles. The summed E-state index contributed by atoms with van der Waals surface area (Å²) < 4.78 is 35.4. The van der Waals surface area contributed by atoms with Gasteiger partial charge in [-0.15, -0.1) is 5.92 Å². The summed E-state index contributed by atoms with van der Waals surface area (Å²) in [6.45, 7) is 5.84. The van der Waals surface area contributed by atoms with Gasteiger partial charge >= 0.3 is 12.1 Å². The molecule has 0 amide bonds. The Morgan fingerprint density at radius 2 is 1.85 bits per heavy atom. The SMILES string of the molecule is CC#CCn1c(N2CCNCC2)nc2nc(SC3CCCC3)n(C)c(=O)c21.O=C(O)C(F)(F)F. The average Bonchev–Trinajstić information content (AvgIpc) is 3.44. The Kier molecular flexibility index (Phi) is 8.48. The van der Waals surface area contributed by atoms with E-state index in [1.807, 2.05) is 18.5 Å². The first kappa shape index (κ1) is 25.9. The van der Waals surface area contributed by atoms with Crippen molar-refractivity contribution >= 4 is 34.8 Å². The number of aromatic nitrogens is 4. The van der Waals surface area contributed by atoms with Gasteiger partial charge in [0.05, 0.1) is 6.54 Å². The van der Waals surface area contributed by atoms with E-state index in [0.717, 1.165) is 37.3 Å². The molecule has 13 heteroatoms. The maximum Gasteiger partial charge on any atom is 0.490 e. The van der Waals surface area contributed by atoms with Crippen molar-refractivity contribution in [1.82, 2.24) is 24.4 Å². The second-order valence-corrected chi connectivity index (χ2v) is 9.19. The van der Waals surface area contributed by atoms with Gasteiger partial charge in [0.1, 0.15) is 0 Å². The number of fused-ring (bicyclic) bond motifs is 1. The number of hydrogen-bond acceptors (Lipinski definition) is 7. The monoisotopic (exact) mass is 500 g/mol. The number of carboxylic acid groups (broad SMARTS) is 1. The van der Waals surface area contributed by atoms with Crippen LogP contribution in [0.15, 0.2) is 9.95 Å². The van der Waals surface area contributed by atoms with Crippen LogP contribution in [0, 0.1) is 11.8 Å². The molecule has 0 radical (unpaired) electrons. The summed E-state index contributed by atoms with van der Waals surface area (Å²) in [7, 11) is 1.82. The Labute approximate surface area is 198 Å². The van der Waals surface area contributed by atoms with Crippen molar-refractivity contribution in [3.8, 4) is 11.8 Å². The molecule has 0 spiro atoms. The zero-order valence-electron chi connectivity index (χ0n) is 19.0. The summed E-state index contributed by atoms with van der Waals surface area (Å²) in [5.41, 5.74) is 1.07. The topological polar surface area (TPSA) is 105 Å². The number of nitrogens with zero attached hydrogens (tertiary/aromatic N) is 5. The van der Waals surface area contributed by atoms with Gasteiger partial charge in [0.25, 0.3) is 5.56 Å². The second kappa shape index (κ2) is 11.1. The van der Waals surface area contributed by atoms with E-state index < -0.39 is 12.1 Å². The molecule has 2 aromatic rings.